The van der Waals surface area contributed by atoms with Gasteiger partial charge in [-0.3, -0.25) is 0 Å². The third kappa shape index (κ3) is 5.17. The van der Waals surface area contributed by atoms with Gasteiger partial charge in [-0.1, -0.05) is 12.1 Å². The molecule has 4 heteroatoms. The van der Waals surface area contributed by atoms with Crippen LogP contribution in [0.5, 0.6) is 5.75 Å². The average Bonchev–Trinajstić information content (AvgIpc) is 2.35. The van der Waals surface area contributed by atoms with Crippen molar-refractivity contribution in [1.29, 1.82) is 0 Å². The Hall–Kier alpha value is -1.13. The van der Waals surface area contributed by atoms with E-state index in [1.54, 1.807) is 18.2 Å². The second-order valence-electron chi connectivity index (χ2n) is 5.55. The molecule has 0 radical (unpaired) electrons. The Kier molecular flexibility index (Phi) is 5.76. The molecule has 19 heavy (non-hydrogen) atoms. The lowest BCUT2D eigenvalue weighted by Gasteiger charge is -2.24. The van der Waals surface area contributed by atoms with Gasteiger partial charge in [0.15, 0.2) is 11.6 Å². The zero-order chi connectivity index (χ0) is 14.5. The number of benzene rings is 1. The minimum absolute atomic E-state index is 0.0702. The summed E-state index contributed by atoms with van der Waals surface area (Å²) in [6, 6.07) is 5.27. The van der Waals surface area contributed by atoms with Crippen molar-refractivity contribution < 1.29 is 13.9 Å². The first kappa shape index (κ1) is 15.9. The first-order valence-electron chi connectivity index (χ1n) is 6.50. The lowest BCUT2D eigenvalue weighted by Crippen LogP contribution is -2.36. The monoisotopic (exact) mass is 269 g/mol. The maximum Gasteiger partial charge on any atom is 0.168 e. The van der Waals surface area contributed by atoms with Gasteiger partial charge in [0.25, 0.3) is 0 Å². The molecule has 0 aliphatic carbocycles. The Morgan fingerprint density at radius 1 is 1.32 bits per heavy atom. The number of ether oxygens (including phenoxy) is 2. The van der Waals surface area contributed by atoms with Gasteiger partial charge in [-0.2, -0.15) is 0 Å². The molecule has 0 spiro atoms. The van der Waals surface area contributed by atoms with Crippen molar-refractivity contribution in [3.8, 4) is 5.75 Å². The van der Waals surface area contributed by atoms with Crippen LogP contribution in [0.1, 0.15) is 26.3 Å². The maximum absolute atomic E-state index is 14.1. The number of methoxy groups -OCH3 is 1. The van der Waals surface area contributed by atoms with E-state index in [0.29, 0.717) is 18.6 Å². The molecule has 0 fully saturated rings. The van der Waals surface area contributed by atoms with E-state index in [4.69, 9.17) is 9.47 Å². The van der Waals surface area contributed by atoms with E-state index in [-0.39, 0.29) is 23.2 Å². The highest BCUT2D eigenvalue weighted by molar-refractivity contribution is 5.31. The molecule has 0 heterocycles. The lowest BCUT2D eigenvalue weighted by atomic mass is 10.1. The molecule has 3 nitrogen and oxygen atoms in total. The predicted octanol–water partition coefficient (Wildman–Crippen LogP) is 2.78. The quantitative estimate of drug-likeness (QED) is 0.861. The van der Waals surface area contributed by atoms with E-state index in [9.17, 15) is 4.39 Å². The number of hydrogen-bond donors (Lipinski definition) is 1. The third-order valence-electron chi connectivity index (χ3n) is 2.86. The van der Waals surface area contributed by atoms with E-state index in [0.717, 1.165) is 0 Å². The summed E-state index contributed by atoms with van der Waals surface area (Å²) in [6.45, 7) is 6.56. The third-order valence-corrected chi connectivity index (χ3v) is 2.86. The molecule has 1 N–H and O–H groups in total. The van der Waals surface area contributed by atoms with Gasteiger partial charge in [0.05, 0.1) is 19.3 Å². The van der Waals surface area contributed by atoms with Crippen molar-refractivity contribution in [2.75, 3.05) is 20.8 Å². The summed E-state index contributed by atoms with van der Waals surface area (Å²) < 4.78 is 24.8. The van der Waals surface area contributed by atoms with E-state index in [1.807, 2.05) is 27.8 Å². The molecule has 0 aromatic heterocycles. The Balaban J connectivity index is 2.70. The molecule has 1 aromatic rings. The molecule has 108 valence electrons. The largest absolute Gasteiger partial charge is 0.494 e. The van der Waals surface area contributed by atoms with Crippen LogP contribution < -0.4 is 10.1 Å². The molecule has 0 aliphatic heterocycles. The van der Waals surface area contributed by atoms with E-state index in [1.165, 1.54) is 7.11 Å². The topological polar surface area (TPSA) is 30.5 Å². The van der Waals surface area contributed by atoms with Crippen LogP contribution in [-0.4, -0.2) is 32.4 Å². The Morgan fingerprint density at radius 2 is 2.00 bits per heavy atom. The average molecular weight is 269 g/mol. The van der Waals surface area contributed by atoms with Gasteiger partial charge in [0, 0.05) is 6.04 Å². The number of halogens is 1. The van der Waals surface area contributed by atoms with Crippen molar-refractivity contribution >= 4 is 0 Å². The van der Waals surface area contributed by atoms with Crippen LogP contribution in [0.4, 0.5) is 4.39 Å². The molecule has 1 unspecified atom stereocenters. The second kappa shape index (κ2) is 6.87. The Morgan fingerprint density at radius 3 is 2.53 bits per heavy atom. The van der Waals surface area contributed by atoms with Crippen LogP contribution in [0.3, 0.4) is 0 Å². The summed E-state index contributed by atoms with van der Waals surface area (Å²) in [4.78, 5) is 0. The zero-order valence-corrected chi connectivity index (χ0v) is 12.4. The summed E-state index contributed by atoms with van der Waals surface area (Å²) in [6.07, 6.45) is 0.565. The van der Waals surface area contributed by atoms with Crippen LogP contribution in [0.15, 0.2) is 18.2 Å². The Labute approximate surface area is 115 Å². The first-order valence-corrected chi connectivity index (χ1v) is 6.50. The molecule has 1 rings (SSSR count). The predicted molar refractivity (Wildman–Crippen MR) is 75.2 cm³/mol. The highest BCUT2D eigenvalue weighted by atomic mass is 19.1. The van der Waals surface area contributed by atoms with Crippen molar-refractivity contribution in [3.05, 3.63) is 29.6 Å². The SMILES string of the molecule is CNC(COC(C)(C)C)Cc1cccc(OC)c1F. The first-order chi connectivity index (χ1) is 8.87. The summed E-state index contributed by atoms with van der Waals surface area (Å²) in [5.74, 6) is -0.00917. The van der Waals surface area contributed by atoms with Gasteiger partial charge in [-0.25, -0.2) is 4.39 Å². The summed E-state index contributed by atoms with van der Waals surface area (Å²) >= 11 is 0. The summed E-state index contributed by atoms with van der Waals surface area (Å²) in [5.41, 5.74) is 0.443. The van der Waals surface area contributed by atoms with E-state index >= 15 is 0 Å². The van der Waals surface area contributed by atoms with Crippen LogP contribution in [0.25, 0.3) is 0 Å². The van der Waals surface area contributed by atoms with Gasteiger partial charge in [0.2, 0.25) is 0 Å². The fourth-order valence-electron chi connectivity index (χ4n) is 1.73. The van der Waals surface area contributed by atoms with Gasteiger partial charge in [-0.05, 0) is 45.9 Å². The fraction of sp³-hybridized carbons (Fsp3) is 0.600. The summed E-state index contributed by atoms with van der Waals surface area (Å²) in [5, 5.41) is 3.16. The Bertz CT molecular complexity index is 402. The summed E-state index contributed by atoms with van der Waals surface area (Å²) in [7, 11) is 3.33. The van der Waals surface area contributed by atoms with Crippen molar-refractivity contribution in [3.63, 3.8) is 0 Å². The highest BCUT2D eigenvalue weighted by Gasteiger charge is 2.17. The van der Waals surface area contributed by atoms with E-state index in [2.05, 4.69) is 5.32 Å². The van der Waals surface area contributed by atoms with Crippen LogP contribution in [0, 0.1) is 5.82 Å². The van der Waals surface area contributed by atoms with Crippen LogP contribution in [-0.2, 0) is 11.2 Å². The molecule has 0 saturated heterocycles. The maximum atomic E-state index is 14.1. The smallest absolute Gasteiger partial charge is 0.168 e. The molecular formula is C15H24FNO2. The normalized spacial score (nSPS) is 13.4. The lowest BCUT2D eigenvalue weighted by molar-refractivity contribution is -0.0135. The standard InChI is InChI=1S/C15H24FNO2/c1-15(2,3)19-10-12(17-4)9-11-7-6-8-13(18-5)14(11)16/h6-8,12,17H,9-10H2,1-5H3. The van der Waals surface area contributed by atoms with Crippen LogP contribution in [0.2, 0.25) is 0 Å². The zero-order valence-electron chi connectivity index (χ0n) is 12.4. The fourth-order valence-corrected chi connectivity index (χ4v) is 1.73. The highest BCUT2D eigenvalue weighted by Crippen LogP contribution is 2.21. The molecule has 0 aliphatic rings. The molecular weight excluding hydrogens is 245 g/mol. The minimum Gasteiger partial charge on any atom is -0.494 e. The van der Waals surface area contributed by atoms with E-state index < -0.39 is 0 Å². The van der Waals surface area contributed by atoms with Crippen molar-refractivity contribution in [2.24, 2.45) is 0 Å². The van der Waals surface area contributed by atoms with Crippen LogP contribution >= 0.6 is 0 Å². The van der Waals surface area contributed by atoms with Crippen molar-refractivity contribution in [2.45, 2.75) is 38.8 Å². The van der Waals surface area contributed by atoms with Gasteiger partial charge in [-0.15, -0.1) is 0 Å². The molecule has 0 saturated carbocycles. The molecule has 0 bridgehead atoms. The molecule has 1 aromatic carbocycles. The molecule has 0 amide bonds. The number of nitrogens with one attached hydrogen (secondary N) is 1. The molecule has 1 atom stereocenters. The number of hydrogen-bond acceptors (Lipinski definition) is 3. The minimum atomic E-state index is -0.291. The number of likely N-dealkylation sites (N-methyl/N-ethyl adjacent to an activating group) is 1. The second-order valence-corrected chi connectivity index (χ2v) is 5.55. The van der Waals surface area contributed by atoms with Crippen molar-refractivity contribution in [1.82, 2.24) is 5.32 Å². The van der Waals surface area contributed by atoms with Gasteiger partial charge < -0.3 is 14.8 Å². The van der Waals surface area contributed by atoms with Gasteiger partial charge in [0.1, 0.15) is 0 Å². The number of rotatable bonds is 6. The van der Waals surface area contributed by atoms with Gasteiger partial charge >= 0.3 is 0 Å².